The Labute approximate surface area is 133 Å². The number of nitrogens with one attached hydrogen (secondary N) is 1. The van der Waals surface area contributed by atoms with Gasteiger partial charge in [-0.15, -0.1) is 12.4 Å². The van der Waals surface area contributed by atoms with Crippen molar-refractivity contribution in [1.82, 2.24) is 15.1 Å². The minimum Gasteiger partial charge on any atom is -0.339 e. The second kappa shape index (κ2) is 7.45. The molecule has 2 heterocycles. The average Bonchev–Trinajstić information content (AvgIpc) is 2.46. The van der Waals surface area contributed by atoms with Crippen LogP contribution in [0.3, 0.4) is 0 Å². The normalized spacial score (nSPS) is 23.5. The zero-order valence-electron chi connectivity index (χ0n) is 13.4. The van der Waals surface area contributed by atoms with Crippen molar-refractivity contribution >= 4 is 24.2 Å². The quantitative estimate of drug-likeness (QED) is 0.792. The van der Waals surface area contributed by atoms with Crippen LogP contribution in [0.25, 0.3) is 0 Å². The maximum atomic E-state index is 12.4. The van der Waals surface area contributed by atoms with Crippen LogP contribution < -0.4 is 5.32 Å². The molecule has 2 saturated heterocycles. The second-order valence-electron chi connectivity index (χ2n) is 6.87. The molecule has 21 heavy (non-hydrogen) atoms. The van der Waals surface area contributed by atoms with Crippen LogP contribution >= 0.6 is 12.4 Å². The summed E-state index contributed by atoms with van der Waals surface area (Å²) in [6.45, 7) is 9.43. The summed E-state index contributed by atoms with van der Waals surface area (Å²) in [5.74, 6) is 0.396. The van der Waals surface area contributed by atoms with Crippen LogP contribution in [0.2, 0.25) is 0 Å². The number of piperazine rings is 1. The summed E-state index contributed by atoms with van der Waals surface area (Å²) in [5.41, 5.74) is -0.336. The lowest BCUT2D eigenvalue weighted by molar-refractivity contribution is -0.145. The Hall–Kier alpha value is -0.810. The molecule has 0 saturated carbocycles. The van der Waals surface area contributed by atoms with Gasteiger partial charge in [0.1, 0.15) is 0 Å². The Morgan fingerprint density at radius 1 is 1.00 bits per heavy atom. The van der Waals surface area contributed by atoms with Gasteiger partial charge in [-0.1, -0.05) is 27.2 Å². The van der Waals surface area contributed by atoms with E-state index >= 15 is 0 Å². The molecule has 2 aliphatic rings. The van der Waals surface area contributed by atoms with Crippen molar-refractivity contribution in [1.29, 1.82) is 0 Å². The third-order valence-corrected chi connectivity index (χ3v) is 4.13. The first-order chi connectivity index (χ1) is 9.39. The molecule has 122 valence electrons. The smallest absolute Gasteiger partial charge is 0.239 e. The third kappa shape index (κ3) is 4.58. The van der Waals surface area contributed by atoms with Gasteiger partial charge in [0.05, 0.1) is 6.04 Å². The van der Waals surface area contributed by atoms with E-state index < -0.39 is 0 Å². The fourth-order valence-corrected chi connectivity index (χ4v) is 2.89. The largest absolute Gasteiger partial charge is 0.339 e. The Kier molecular flexibility index (Phi) is 6.47. The van der Waals surface area contributed by atoms with Gasteiger partial charge in [-0.25, -0.2) is 0 Å². The van der Waals surface area contributed by atoms with Crippen molar-refractivity contribution in [2.75, 3.05) is 32.7 Å². The van der Waals surface area contributed by atoms with Gasteiger partial charge in [0.25, 0.3) is 0 Å². The predicted molar refractivity (Wildman–Crippen MR) is 85.5 cm³/mol. The Bertz CT molecular complexity index is 368. The fourth-order valence-electron chi connectivity index (χ4n) is 2.89. The third-order valence-electron chi connectivity index (χ3n) is 4.13. The zero-order chi connectivity index (χ0) is 14.8. The van der Waals surface area contributed by atoms with Gasteiger partial charge in [-0.2, -0.15) is 0 Å². The second-order valence-corrected chi connectivity index (χ2v) is 6.87. The predicted octanol–water partition coefficient (Wildman–Crippen LogP) is 1.27. The van der Waals surface area contributed by atoms with Crippen LogP contribution in [-0.4, -0.2) is 60.4 Å². The van der Waals surface area contributed by atoms with E-state index in [9.17, 15) is 9.59 Å². The summed E-state index contributed by atoms with van der Waals surface area (Å²) in [4.78, 5) is 28.4. The lowest BCUT2D eigenvalue weighted by Gasteiger charge is -2.39. The monoisotopic (exact) mass is 317 g/mol. The van der Waals surface area contributed by atoms with Gasteiger partial charge >= 0.3 is 0 Å². The molecule has 0 aliphatic carbocycles. The molecule has 0 aromatic rings. The summed E-state index contributed by atoms with van der Waals surface area (Å²) >= 11 is 0. The molecule has 2 amide bonds. The molecule has 2 rings (SSSR count). The number of hydrogen-bond acceptors (Lipinski definition) is 3. The molecular weight excluding hydrogens is 290 g/mol. The molecule has 2 fully saturated rings. The fraction of sp³-hybridized carbons (Fsp3) is 0.867. The lowest BCUT2D eigenvalue weighted by atomic mass is 9.94. The summed E-state index contributed by atoms with van der Waals surface area (Å²) in [6.07, 6.45) is 3.24. The van der Waals surface area contributed by atoms with E-state index in [4.69, 9.17) is 0 Å². The molecule has 0 bridgehead atoms. The van der Waals surface area contributed by atoms with Gasteiger partial charge in [0, 0.05) is 31.6 Å². The minimum atomic E-state index is -0.336. The van der Waals surface area contributed by atoms with E-state index in [1.165, 1.54) is 0 Å². The van der Waals surface area contributed by atoms with E-state index in [1.54, 1.807) is 0 Å². The molecule has 1 atom stereocenters. The summed E-state index contributed by atoms with van der Waals surface area (Å²) in [7, 11) is 0. The first-order valence-corrected chi connectivity index (χ1v) is 7.71. The molecule has 2 aliphatic heterocycles. The molecule has 6 heteroatoms. The number of nitrogens with zero attached hydrogens (tertiary/aromatic N) is 2. The van der Waals surface area contributed by atoms with Gasteiger partial charge in [0.15, 0.2) is 0 Å². The maximum absolute atomic E-state index is 12.4. The standard InChI is InChI=1S/C15H27N3O2.ClH/c1-15(2,3)14(20)18-10-8-17(9-11-18)13(19)12-6-4-5-7-16-12;/h12,16H,4-11H2,1-3H3;1H. The van der Waals surface area contributed by atoms with Crippen molar-refractivity contribution in [3.05, 3.63) is 0 Å². The molecule has 0 aromatic carbocycles. The number of carbonyl (C=O) groups is 2. The molecule has 5 nitrogen and oxygen atoms in total. The summed E-state index contributed by atoms with van der Waals surface area (Å²) in [6, 6.07) is -0.00591. The Balaban J connectivity index is 0.00000220. The number of rotatable bonds is 1. The van der Waals surface area contributed by atoms with Crippen LogP contribution in [0.15, 0.2) is 0 Å². The number of amides is 2. The highest BCUT2D eigenvalue weighted by Crippen LogP contribution is 2.19. The molecule has 0 aromatic heterocycles. The van der Waals surface area contributed by atoms with E-state index in [1.807, 2.05) is 30.6 Å². The Morgan fingerprint density at radius 3 is 2.05 bits per heavy atom. The highest BCUT2D eigenvalue weighted by molar-refractivity contribution is 5.85. The number of hydrogen-bond donors (Lipinski definition) is 1. The van der Waals surface area contributed by atoms with E-state index in [2.05, 4.69) is 5.32 Å². The van der Waals surface area contributed by atoms with Crippen molar-refractivity contribution in [2.24, 2.45) is 5.41 Å². The van der Waals surface area contributed by atoms with E-state index in [-0.39, 0.29) is 35.7 Å². The molecule has 1 unspecified atom stereocenters. The first kappa shape index (κ1) is 18.2. The number of halogens is 1. The van der Waals surface area contributed by atoms with Crippen molar-refractivity contribution < 1.29 is 9.59 Å². The lowest BCUT2D eigenvalue weighted by Crippen LogP contribution is -2.57. The number of carbonyl (C=O) groups excluding carboxylic acids is 2. The highest BCUT2D eigenvalue weighted by Gasteiger charge is 2.32. The molecule has 0 spiro atoms. The van der Waals surface area contributed by atoms with Crippen LogP contribution in [0, 0.1) is 5.41 Å². The molecule has 0 radical (unpaired) electrons. The van der Waals surface area contributed by atoms with Crippen molar-refractivity contribution in [2.45, 2.75) is 46.1 Å². The van der Waals surface area contributed by atoms with Crippen LogP contribution in [-0.2, 0) is 9.59 Å². The zero-order valence-corrected chi connectivity index (χ0v) is 14.2. The van der Waals surface area contributed by atoms with Gasteiger partial charge < -0.3 is 15.1 Å². The van der Waals surface area contributed by atoms with E-state index in [0.29, 0.717) is 26.2 Å². The SMILES string of the molecule is CC(C)(C)C(=O)N1CCN(C(=O)C2CCCCN2)CC1.Cl. The van der Waals surface area contributed by atoms with Crippen molar-refractivity contribution in [3.63, 3.8) is 0 Å². The average molecular weight is 318 g/mol. The summed E-state index contributed by atoms with van der Waals surface area (Å²) in [5, 5.41) is 3.30. The minimum absolute atomic E-state index is 0. The maximum Gasteiger partial charge on any atom is 0.239 e. The highest BCUT2D eigenvalue weighted by atomic mass is 35.5. The van der Waals surface area contributed by atoms with Gasteiger partial charge in [0.2, 0.25) is 11.8 Å². The van der Waals surface area contributed by atoms with Crippen LogP contribution in [0.1, 0.15) is 40.0 Å². The van der Waals surface area contributed by atoms with E-state index in [0.717, 1.165) is 25.8 Å². The molecular formula is C15H28ClN3O2. The van der Waals surface area contributed by atoms with Crippen LogP contribution in [0.5, 0.6) is 0 Å². The van der Waals surface area contributed by atoms with Gasteiger partial charge in [-0.05, 0) is 19.4 Å². The first-order valence-electron chi connectivity index (χ1n) is 7.71. The molecule has 1 N–H and O–H groups in total. The summed E-state index contributed by atoms with van der Waals surface area (Å²) < 4.78 is 0. The topological polar surface area (TPSA) is 52.7 Å². The van der Waals surface area contributed by atoms with Crippen LogP contribution in [0.4, 0.5) is 0 Å². The van der Waals surface area contributed by atoms with Gasteiger partial charge in [-0.3, -0.25) is 9.59 Å². The number of piperidine rings is 1. The Morgan fingerprint density at radius 2 is 1.57 bits per heavy atom. The van der Waals surface area contributed by atoms with Crippen molar-refractivity contribution in [3.8, 4) is 0 Å².